The minimum absolute atomic E-state index is 0.305. The van der Waals surface area contributed by atoms with Gasteiger partial charge in [0.05, 0.1) is 0 Å². The molecule has 0 aromatic heterocycles. The molecule has 0 aliphatic rings. The van der Waals surface area contributed by atoms with Crippen molar-refractivity contribution < 1.29 is 9.84 Å². The number of hydrogen-bond acceptors (Lipinski definition) is 2. The highest BCUT2D eigenvalue weighted by Crippen LogP contribution is 2.05. The first kappa shape index (κ1) is 18.5. The third kappa shape index (κ3) is 11.6. The van der Waals surface area contributed by atoms with Crippen molar-refractivity contribution in [3.05, 3.63) is 24.8 Å². The van der Waals surface area contributed by atoms with Gasteiger partial charge in [-0.15, -0.1) is 0 Å². The molecule has 0 saturated carbocycles. The Labute approximate surface area is 123 Å². The Bertz CT molecular complexity index is 387. The normalized spacial score (nSPS) is 12.9. The first-order chi connectivity index (χ1) is 9.74. The quantitative estimate of drug-likeness (QED) is 0.396. The fourth-order valence-corrected chi connectivity index (χ4v) is 1.57. The van der Waals surface area contributed by atoms with Crippen LogP contribution in [0, 0.1) is 23.7 Å². The van der Waals surface area contributed by atoms with Gasteiger partial charge in [-0.05, 0) is 30.8 Å². The van der Waals surface area contributed by atoms with Crippen LogP contribution in [0.15, 0.2) is 24.8 Å². The van der Waals surface area contributed by atoms with Crippen LogP contribution in [0.25, 0.3) is 0 Å². The third-order valence-electron chi connectivity index (χ3n) is 2.76. The largest absolute Gasteiger partial charge is 0.377 e. The maximum Gasteiger partial charge on any atom is 0.136 e. The van der Waals surface area contributed by atoms with Gasteiger partial charge in [0.15, 0.2) is 0 Å². The van der Waals surface area contributed by atoms with E-state index in [1.165, 1.54) is 32.1 Å². The van der Waals surface area contributed by atoms with Crippen LogP contribution in [0.2, 0.25) is 0 Å². The molecular formula is C18H26O2. The monoisotopic (exact) mass is 274 g/mol. The molecule has 2 heteroatoms. The van der Waals surface area contributed by atoms with Gasteiger partial charge in [-0.3, -0.25) is 0 Å². The van der Waals surface area contributed by atoms with Crippen LogP contribution in [0.3, 0.4) is 0 Å². The second-order valence-electron chi connectivity index (χ2n) is 4.51. The van der Waals surface area contributed by atoms with Crippen LogP contribution in [0.5, 0.6) is 0 Å². The molecule has 0 aliphatic heterocycles. The van der Waals surface area contributed by atoms with Crippen LogP contribution in [-0.4, -0.2) is 24.4 Å². The number of aliphatic hydroxyl groups excluding tert-OH is 1. The van der Waals surface area contributed by atoms with E-state index in [-0.39, 0.29) is 6.10 Å². The molecule has 0 radical (unpaired) electrons. The topological polar surface area (TPSA) is 29.5 Å². The van der Waals surface area contributed by atoms with E-state index in [4.69, 9.17) is 4.74 Å². The van der Waals surface area contributed by atoms with Gasteiger partial charge in [0.2, 0.25) is 0 Å². The van der Waals surface area contributed by atoms with E-state index in [1.54, 1.807) is 19.3 Å². The number of rotatable bonds is 9. The average Bonchev–Trinajstić information content (AvgIpc) is 2.46. The van der Waals surface area contributed by atoms with Crippen molar-refractivity contribution in [3.63, 3.8) is 0 Å². The Hall–Kier alpha value is -1.48. The summed E-state index contributed by atoms with van der Waals surface area (Å²) in [6.07, 6.45) is 11.5. The number of methoxy groups -OCH3 is 1. The molecular weight excluding hydrogens is 248 g/mol. The Morgan fingerprint density at radius 1 is 1.15 bits per heavy atom. The molecule has 0 rings (SSSR count). The number of aliphatic hydroxyl groups is 1. The molecule has 2 unspecified atom stereocenters. The summed E-state index contributed by atoms with van der Waals surface area (Å²) in [5.74, 6) is 10.7. The van der Waals surface area contributed by atoms with Crippen LogP contribution < -0.4 is 0 Å². The molecule has 20 heavy (non-hydrogen) atoms. The van der Waals surface area contributed by atoms with Crippen molar-refractivity contribution >= 4 is 0 Å². The van der Waals surface area contributed by atoms with Gasteiger partial charge >= 0.3 is 0 Å². The molecule has 0 spiro atoms. The fraction of sp³-hybridized carbons (Fsp3) is 0.556. The van der Waals surface area contributed by atoms with E-state index < -0.39 is 6.10 Å². The average molecular weight is 274 g/mol. The van der Waals surface area contributed by atoms with Gasteiger partial charge in [-0.1, -0.05) is 63.2 Å². The predicted octanol–water partition coefficient (Wildman–Crippen LogP) is 3.47. The molecule has 1 N–H and O–H groups in total. The van der Waals surface area contributed by atoms with Crippen molar-refractivity contribution in [2.75, 3.05) is 7.11 Å². The van der Waals surface area contributed by atoms with Gasteiger partial charge in [0.1, 0.15) is 12.2 Å². The standard InChI is InChI=1S/C18H26O2/c1-4-6-7-8-9-10-11-14-17(19)15-12-13-16-18(5-2)20-3/h5,11,14,17-19H,2,4,6-10H2,1,3H3/b14-11-. The molecule has 0 aromatic rings. The van der Waals surface area contributed by atoms with Crippen LogP contribution in [0.1, 0.15) is 45.4 Å². The molecule has 0 bridgehead atoms. The van der Waals surface area contributed by atoms with Gasteiger partial charge < -0.3 is 9.84 Å². The number of hydrogen-bond donors (Lipinski definition) is 1. The summed E-state index contributed by atoms with van der Waals surface area (Å²) in [6, 6.07) is 0. The summed E-state index contributed by atoms with van der Waals surface area (Å²) in [4.78, 5) is 0. The van der Waals surface area contributed by atoms with E-state index >= 15 is 0 Å². The second-order valence-corrected chi connectivity index (χ2v) is 4.51. The molecule has 0 heterocycles. The van der Waals surface area contributed by atoms with E-state index in [9.17, 15) is 5.11 Å². The molecule has 110 valence electrons. The molecule has 0 aromatic carbocycles. The Balaban J connectivity index is 3.87. The van der Waals surface area contributed by atoms with Crippen molar-refractivity contribution in [1.82, 2.24) is 0 Å². The fourth-order valence-electron chi connectivity index (χ4n) is 1.57. The summed E-state index contributed by atoms with van der Waals surface area (Å²) in [5.41, 5.74) is 0. The summed E-state index contributed by atoms with van der Waals surface area (Å²) < 4.78 is 4.99. The predicted molar refractivity (Wildman–Crippen MR) is 85.1 cm³/mol. The lowest BCUT2D eigenvalue weighted by atomic mass is 10.1. The van der Waals surface area contributed by atoms with E-state index in [0.29, 0.717) is 0 Å². The van der Waals surface area contributed by atoms with Crippen molar-refractivity contribution in [1.29, 1.82) is 0 Å². The number of unbranched alkanes of at least 4 members (excludes halogenated alkanes) is 5. The second kappa shape index (κ2) is 13.9. The lowest BCUT2D eigenvalue weighted by Crippen LogP contribution is -2.01. The maximum absolute atomic E-state index is 9.59. The lowest BCUT2D eigenvalue weighted by Gasteiger charge is -1.97. The van der Waals surface area contributed by atoms with Crippen LogP contribution in [-0.2, 0) is 4.74 Å². The zero-order valence-electron chi connectivity index (χ0n) is 12.7. The molecule has 0 fully saturated rings. The zero-order valence-corrected chi connectivity index (χ0v) is 12.7. The third-order valence-corrected chi connectivity index (χ3v) is 2.76. The highest BCUT2D eigenvalue weighted by atomic mass is 16.5. The van der Waals surface area contributed by atoms with Crippen LogP contribution >= 0.6 is 0 Å². The van der Waals surface area contributed by atoms with Crippen molar-refractivity contribution in [3.8, 4) is 23.7 Å². The van der Waals surface area contributed by atoms with Gasteiger partial charge in [0.25, 0.3) is 0 Å². The minimum Gasteiger partial charge on any atom is -0.377 e. The maximum atomic E-state index is 9.59. The van der Waals surface area contributed by atoms with Crippen molar-refractivity contribution in [2.24, 2.45) is 0 Å². The molecule has 0 amide bonds. The first-order valence-corrected chi connectivity index (χ1v) is 7.25. The smallest absolute Gasteiger partial charge is 0.136 e. The number of ether oxygens (including phenoxy) is 1. The molecule has 2 nitrogen and oxygen atoms in total. The summed E-state index contributed by atoms with van der Waals surface area (Å²) in [7, 11) is 1.56. The Morgan fingerprint density at radius 3 is 2.50 bits per heavy atom. The summed E-state index contributed by atoms with van der Waals surface area (Å²) in [5, 5.41) is 9.59. The number of allylic oxidation sites excluding steroid dienone is 1. The first-order valence-electron chi connectivity index (χ1n) is 7.25. The summed E-state index contributed by atoms with van der Waals surface area (Å²) in [6.45, 7) is 5.80. The highest BCUT2D eigenvalue weighted by molar-refractivity contribution is 5.31. The Morgan fingerprint density at radius 2 is 1.85 bits per heavy atom. The highest BCUT2D eigenvalue weighted by Gasteiger charge is 1.92. The van der Waals surface area contributed by atoms with Crippen molar-refractivity contribution in [2.45, 2.75) is 57.7 Å². The SMILES string of the molecule is C=CC(C#CC#CC(O)/C=C\CCCCCCC)OC. The minimum atomic E-state index is -0.746. The molecule has 0 saturated heterocycles. The van der Waals surface area contributed by atoms with Gasteiger partial charge in [-0.25, -0.2) is 0 Å². The van der Waals surface area contributed by atoms with E-state index in [1.807, 2.05) is 6.08 Å². The van der Waals surface area contributed by atoms with E-state index in [0.717, 1.165) is 6.42 Å². The molecule has 2 atom stereocenters. The van der Waals surface area contributed by atoms with Gasteiger partial charge in [-0.2, -0.15) is 0 Å². The van der Waals surface area contributed by atoms with Crippen LogP contribution in [0.4, 0.5) is 0 Å². The van der Waals surface area contributed by atoms with E-state index in [2.05, 4.69) is 37.2 Å². The summed E-state index contributed by atoms with van der Waals surface area (Å²) >= 11 is 0. The molecule has 0 aliphatic carbocycles. The lowest BCUT2D eigenvalue weighted by molar-refractivity contribution is 0.185. The zero-order chi connectivity index (χ0) is 15.1. The Kier molecular flexibility index (Phi) is 12.9. The van der Waals surface area contributed by atoms with Gasteiger partial charge in [0, 0.05) is 7.11 Å².